The number of aliphatic imine (C=N–C) groups is 1. The maximum Gasteiger partial charge on any atom is 0.259 e. The van der Waals surface area contributed by atoms with Crippen LogP contribution in [0.1, 0.15) is 28.2 Å². The van der Waals surface area contributed by atoms with E-state index in [-0.39, 0.29) is 19.1 Å². The maximum atomic E-state index is 13.8. The van der Waals surface area contributed by atoms with E-state index >= 15 is 0 Å². The molecule has 0 radical (unpaired) electrons. The van der Waals surface area contributed by atoms with E-state index in [2.05, 4.69) is 11.1 Å². The minimum atomic E-state index is -0.981. The van der Waals surface area contributed by atoms with Crippen molar-refractivity contribution in [3.63, 3.8) is 0 Å². The van der Waals surface area contributed by atoms with Gasteiger partial charge in [-0.1, -0.05) is 18.2 Å². The number of carbonyl (C=O) groups is 1. The second kappa shape index (κ2) is 8.96. The number of hydrogen-bond donors (Lipinski definition) is 1. The topological polar surface area (TPSA) is 84.3 Å². The van der Waals surface area contributed by atoms with Crippen molar-refractivity contribution in [3.05, 3.63) is 75.7 Å². The zero-order valence-electron chi connectivity index (χ0n) is 18.4. The van der Waals surface area contributed by atoms with Crippen molar-refractivity contribution in [2.45, 2.75) is 31.8 Å². The lowest BCUT2D eigenvalue weighted by atomic mass is 9.85. The summed E-state index contributed by atoms with van der Waals surface area (Å²) in [6.07, 6.45) is 1.08. The number of fused-ring (bicyclic) bond motifs is 1. The summed E-state index contributed by atoms with van der Waals surface area (Å²) in [5.74, 6) is 1.12. The molecule has 7 nitrogen and oxygen atoms in total. The second-order valence-corrected chi connectivity index (χ2v) is 9.30. The van der Waals surface area contributed by atoms with E-state index in [4.69, 9.17) is 19.6 Å². The number of carbonyl (C=O) groups excluding carboxylic acids is 1. The van der Waals surface area contributed by atoms with E-state index in [0.717, 1.165) is 27.5 Å². The average molecular weight is 464 g/mol. The lowest BCUT2D eigenvalue weighted by Crippen LogP contribution is -2.53. The van der Waals surface area contributed by atoms with Crippen molar-refractivity contribution in [3.8, 4) is 5.75 Å². The Kier molecular flexibility index (Phi) is 5.86. The van der Waals surface area contributed by atoms with Crippen LogP contribution in [-0.2, 0) is 22.5 Å². The molecule has 2 aliphatic rings. The summed E-state index contributed by atoms with van der Waals surface area (Å²) >= 11 is 1.58. The van der Waals surface area contributed by atoms with Crippen LogP contribution < -0.4 is 9.64 Å². The zero-order valence-corrected chi connectivity index (χ0v) is 19.2. The minimum absolute atomic E-state index is 0.0641. The molecule has 3 aromatic rings. The highest BCUT2D eigenvalue weighted by Crippen LogP contribution is 2.38. The summed E-state index contributed by atoms with van der Waals surface area (Å²) in [7, 11) is 0. The van der Waals surface area contributed by atoms with E-state index in [9.17, 15) is 4.79 Å². The van der Waals surface area contributed by atoms with Gasteiger partial charge in [0.05, 0.1) is 23.9 Å². The van der Waals surface area contributed by atoms with Gasteiger partial charge in [-0.15, -0.1) is 11.3 Å². The van der Waals surface area contributed by atoms with Gasteiger partial charge in [0.2, 0.25) is 5.90 Å². The molecule has 0 unspecified atom stereocenters. The molecule has 1 amide bonds. The Labute approximate surface area is 196 Å². The van der Waals surface area contributed by atoms with E-state index in [1.165, 1.54) is 0 Å². The number of aryl methyl sites for hydroxylation is 1. The Bertz CT molecular complexity index is 1190. The van der Waals surface area contributed by atoms with E-state index in [0.29, 0.717) is 37.6 Å². The molecule has 33 heavy (non-hydrogen) atoms. The first kappa shape index (κ1) is 21.6. The predicted octanol–water partition coefficient (Wildman–Crippen LogP) is 3.52. The number of para-hydroxylation sites is 1. The SMILES string of the molecule is Cc1nc(CN2C(=O)[C@@]3(COC(c4ccc(OCCCO)cc4)=N3)Cc3ccccc32)cs1. The van der Waals surface area contributed by atoms with Gasteiger partial charge in [0, 0.05) is 36.1 Å². The van der Waals surface area contributed by atoms with Crippen LogP contribution in [0.3, 0.4) is 0 Å². The monoisotopic (exact) mass is 463 g/mol. The number of thiazole rings is 1. The largest absolute Gasteiger partial charge is 0.494 e. The van der Waals surface area contributed by atoms with Gasteiger partial charge in [-0.25, -0.2) is 9.98 Å². The van der Waals surface area contributed by atoms with Crippen molar-refractivity contribution in [2.75, 3.05) is 24.7 Å². The fourth-order valence-electron chi connectivity index (χ4n) is 4.22. The van der Waals surface area contributed by atoms with Crippen LogP contribution in [0.15, 0.2) is 58.9 Å². The normalized spacial score (nSPS) is 19.4. The van der Waals surface area contributed by atoms with Gasteiger partial charge in [0.25, 0.3) is 5.91 Å². The molecule has 2 aliphatic heterocycles. The summed E-state index contributed by atoms with van der Waals surface area (Å²) in [5, 5.41) is 11.9. The number of nitrogens with zero attached hydrogens (tertiary/aromatic N) is 3. The standard InChI is InChI=1S/C25H25N3O4S/c1-17-26-20(15-33-17)14-28-22-6-3-2-5-19(22)13-25(24(28)30)16-32-23(27-25)18-7-9-21(10-8-18)31-12-4-11-29/h2-3,5-10,15,29H,4,11-14,16H2,1H3/t25-/m0/s1. The van der Waals surface area contributed by atoms with Crippen molar-refractivity contribution in [1.29, 1.82) is 0 Å². The zero-order chi connectivity index (χ0) is 22.8. The third kappa shape index (κ3) is 4.24. The molecule has 0 saturated heterocycles. The number of ether oxygens (including phenoxy) is 2. The molecule has 0 aliphatic carbocycles. The number of aliphatic hydroxyl groups excluding tert-OH is 1. The smallest absolute Gasteiger partial charge is 0.259 e. The number of anilines is 1. The molecule has 0 bridgehead atoms. The number of aromatic nitrogens is 1. The number of aliphatic hydroxyl groups is 1. The number of rotatable bonds is 7. The van der Waals surface area contributed by atoms with Gasteiger partial charge in [-0.2, -0.15) is 0 Å². The molecule has 3 heterocycles. The van der Waals surface area contributed by atoms with Crippen LogP contribution in [0.4, 0.5) is 5.69 Å². The van der Waals surface area contributed by atoms with Crippen molar-refractivity contribution < 1.29 is 19.4 Å². The Morgan fingerprint density at radius 2 is 2.03 bits per heavy atom. The maximum absolute atomic E-state index is 13.8. The highest BCUT2D eigenvalue weighted by atomic mass is 32.1. The second-order valence-electron chi connectivity index (χ2n) is 8.24. The number of hydrogen-bond acceptors (Lipinski definition) is 7. The van der Waals surface area contributed by atoms with Gasteiger partial charge in [0.1, 0.15) is 12.4 Å². The predicted molar refractivity (Wildman–Crippen MR) is 127 cm³/mol. The lowest BCUT2D eigenvalue weighted by molar-refractivity contribution is -0.124. The fourth-order valence-corrected chi connectivity index (χ4v) is 4.82. The molecule has 1 spiro atoms. The van der Waals surface area contributed by atoms with Crippen LogP contribution in [-0.4, -0.2) is 47.3 Å². The quantitative estimate of drug-likeness (QED) is 0.542. The Morgan fingerprint density at radius 1 is 1.21 bits per heavy atom. The van der Waals surface area contributed by atoms with Gasteiger partial charge in [0.15, 0.2) is 5.54 Å². The molecular weight excluding hydrogens is 438 g/mol. The highest BCUT2D eigenvalue weighted by Gasteiger charge is 2.50. The van der Waals surface area contributed by atoms with Crippen LogP contribution in [0.2, 0.25) is 0 Å². The molecule has 0 fully saturated rings. The molecule has 1 aromatic heterocycles. The first-order valence-corrected chi connectivity index (χ1v) is 11.8. The van der Waals surface area contributed by atoms with E-state index in [1.807, 2.05) is 54.8 Å². The number of amides is 1. The summed E-state index contributed by atoms with van der Waals surface area (Å²) in [4.78, 5) is 25.0. The van der Waals surface area contributed by atoms with Crippen LogP contribution in [0.5, 0.6) is 5.75 Å². The third-order valence-corrected chi connectivity index (χ3v) is 6.65. The summed E-state index contributed by atoms with van der Waals surface area (Å²) in [6.45, 7) is 3.13. The summed E-state index contributed by atoms with van der Waals surface area (Å²) < 4.78 is 11.6. The van der Waals surface area contributed by atoms with Gasteiger partial charge in [-0.05, 0) is 42.8 Å². The lowest BCUT2D eigenvalue weighted by Gasteiger charge is -2.37. The molecule has 1 atom stereocenters. The van der Waals surface area contributed by atoms with E-state index in [1.54, 1.807) is 16.2 Å². The fraction of sp³-hybridized carbons (Fsp3) is 0.320. The minimum Gasteiger partial charge on any atom is -0.494 e. The van der Waals surface area contributed by atoms with Gasteiger partial charge in [-0.3, -0.25) is 4.79 Å². The van der Waals surface area contributed by atoms with E-state index < -0.39 is 5.54 Å². The molecule has 1 N–H and O–H groups in total. The highest BCUT2D eigenvalue weighted by molar-refractivity contribution is 7.09. The van der Waals surface area contributed by atoms with Crippen molar-refractivity contribution >= 4 is 28.8 Å². The molecule has 0 saturated carbocycles. The van der Waals surface area contributed by atoms with Crippen LogP contribution >= 0.6 is 11.3 Å². The van der Waals surface area contributed by atoms with Gasteiger partial charge < -0.3 is 19.5 Å². The summed E-state index contributed by atoms with van der Waals surface area (Å²) in [6, 6.07) is 15.4. The number of benzene rings is 2. The van der Waals surface area contributed by atoms with Crippen LogP contribution in [0.25, 0.3) is 0 Å². The summed E-state index contributed by atoms with van der Waals surface area (Å²) in [5.41, 5.74) is 2.68. The molecule has 2 aromatic carbocycles. The molecule has 8 heteroatoms. The van der Waals surface area contributed by atoms with Crippen molar-refractivity contribution in [1.82, 2.24) is 4.98 Å². The van der Waals surface area contributed by atoms with Crippen molar-refractivity contribution in [2.24, 2.45) is 4.99 Å². The van der Waals surface area contributed by atoms with Crippen LogP contribution in [0, 0.1) is 6.92 Å². The Balaban J connectivity index is 1.43. The molecule has 170 valence electrons. The third-order valence-electron chi connectivity index (χ3n) is 5.83. The molecule has 5 rings (SSSR count). The Hall–Kier alpha value is -3.23. The first-order chi connectivity index (χ1) is 16.1. The first-order valence-electron chi connectivity index (χ1n) is 11.0. The van der Waals surface area contributed by atoms with Gasteiger partial charge >= 0.3 is 0 Å². The average Bonchev–Trinajstić information content (AvgIpc) is 3.44. The molecular formula is C25H25N3O4S. The Morgan fingerprint density at radius 3 is 2.79 bits per heavy atom.